The van der Waals surface area contributed by atoms with Gasteiger partial charge in [-0.25, -0.2) is 17.2 Å². The summed E-state index contributed by atoms with van der Waals surface area (Å²) in [5.41, 5.74) is 2.63. The Morgan fingerprint density at radius 2 is 1.70 bits per heavy atom. The van der Waals surface area contributed by atoms with Gasteiger partial charge in [-0.15, -0.1) is 0 Å². The van der Waals surface area contributed by atoms with E-state index in [9.17, 15) is 17.2 Å². The number of aromatic nitrogens is 2. The molecule has 2 aromatic rings. The normalized spacial score (nSPS) is 18.8. The lowest BCUT2D eigenvalue weighted by Gasteiger charge is -2.26. The molecule has 27 heavy (non-hydrogen) atoms. The number of benzene rings is 1. The van der Waals surface area contributed by atoms with Gasteiger partial charge in [0.1, 0.15) is 11.6 Å². The van der Waals surface area contributed by atoms with Crippen molar-refractivity contribution in [3.63, 3.8) is 0 Å². The summed E-state index contributed by atoms with van der Waals surface area (Å²) in [4.78, 5) is 1.98. The molecule has 1 aromatic heterocycles. The van der Waals surface area contributed by atoms with E-state index < -0.39 is 21.7 Å². The number of nitrogens with zero attached hydrogens (tertiary/aromatic N) is 4. The van der Waals surface area contributed by atoms with Crippen molar-refractivity contribution in [2.45, 2.75) is 43.8 Å². The summed E-state index contributed by atoms with van der Waals surface area (Å²) in [6.07, 6.45) is 3.58. The van der Waals surface area contributed by atoms with E-state index in [0.29, 0.717) is 12.6 Å². The number of aryl methyl sites for hydroxylation is 1. The zero-order valence-electron chi connectivity index (χ0n) is 15.2. The Labute approximate surface area is 157 Å². The Kier molecular flexibility index (Phi) is 4.77. The molecule has 2 aliphatic rings. The van der Waals surface area contributed by atoms with Crippen molar-refractivity contribution in [1.29, 1.82) is 0 Å². The van der Waals surface area contributed by atoms with E-state index >= 15 is 0 Å². The highest BCUT2D eigenvalue weighted by Crippen LogP contribution is 2.31. The van der Waals surface area contributed by atoms with Crippen LogP contribution in [0.4, 0.5) is 8.78 Å². The van der Waals surface area contributed by atoms with E-state index in [1.807, 2.05) is 0 Å². The molecule has 4 rings (SSSR count). The third-order valence-corrected chi connectivity index (χ3v) is 7.08. The SMILES string of the molecule is Cn1nc(CN2CCCCC2)c2c1CN(S(=O)(=O)c1cc(F)cc(F)c1)C2. The molecule has 0 saturated carbocycles. The molecule has 0 N–H and O–H groups in total. The van der Waals surface area contributed by atoms with Gasteiger partial charge < -0.3 is 0 Å². The maximum absolute atomic E-state index is 13.5. The van der Waals surface area contributed by atoms with Crippen molar-refractivity contribution in [2.75, 3.05) is 13.1 Å². The molecule has 3 heterocycles. The van der Waals surface area contributed by atoms with E-state index in [0.717, 1.165) is 42.2 Å². The Morgan fingerprint density at radius 1 is 1.04 bits per heavy atom. The Bertz CT molecular complexity index is 948. The number of fused-ring (bicyclic) bond motifs is 1. The molecule has 1 saturated heterocycles. The number of rotatable bonds is 4. The number of piperidine rings is 1. The van der Waals surface area contributed by atoms with Crippen LogP contribution in [0.25, 0.3) is 0 Å². The van der Waals surface area contributed by atoms with Crippen LogP contribution in [0.3, 0.4) is 0 Å². The zero-order valence-corrected chi connectivity index (χ0v) is 16.0. The highest BCUT2D eigenvalue weighted by atomic mass is 32.2. The van der Waals surface area contributed by atoms with Gasteiger partial charge in [0, 0.05) is 31.8 Å². The van der Waals surface area contributed by atoms with Gasteiger partial charge in [0.15, 0.2) is 0 Å². The third kappa shape index (κ3) is 3.51. The topological polar surface area (TPSA) is 58.4 Å². The maximum Gasteiger partial charge on any atom is 0.243 e. The highest BCUT2D eigenvalue weighted by molar-refractivity contribution is 7.89. The minimum atomic E-state index is -3.99. The quantitative estimate of drug-likeness (QED) is 0.796. The highest BCUT2D eigenvalue weighted by Gasteiger charge is 2.35. The van der Waals surface area contributed by atoms with Crippen LogP contribution >= 0.6 is 0 Å². The molecule has 0 spiro atoms. The molecule has 0 unspecified atom stereocenters. The van der Waals surface area contributed by atoms with Gasteiger partial charge in [-0.1, -0.05) is 6.42 Å². The van der Waals surface area contributed by atoms with Crippen LogP contribution in [-0.2, 0) is 36.7 Å². The average molecular weight is 396 g/mol. The first-order chi connectivity index (χ1) is 12.8. The fourth-order valence-electron chi connectivity index (χ4n) is 3.90. The minimum Gasteiger partial charge on any atom is -0.297 e. The lowest BCUT2D eigenvalue weighted by Crippen LogP contribution is -2.30. The van der Waals surface area contributed by atoms with Crippen molar-refractivity contribution in [1.82, 2.24) is 19.0 Å². The second-order valence-electron chi connectivity index (χ2n) is 7.21. The monoisotopic (exact) mass is 396 g/mol. The average Bonchev–Trinajstić information content (AvgIpc) is 3.17. The number of sulfonamides is 1. The summed E-state index contributed by atoms with van der Waals surface area (Å²) < 4.78 is 55.7. The van der Waals surface area contributed by atoms with Gasteiger partial charge in [0.05, 0.1) is 22.8 Å². The van der Waals surface area contributed by atoms with Crippen LogP contribution in [0, 0.1) is 11.6 Å². The molecule has 6 nitrogen and oxygen atoms in total. The minimum absolute atomic E-state index is 0.152. The van der Waals surface area contributed by atoms with E-state index in [2.05, 4.69) is 10.00 Å². The zero-order chi connectivity index (χ0) is 19.2. The van der Waals surface area contributed by atoms with Crippen LogP contribution in [0.2, 0.25) is 0 Å². The van der Waals surface area contributed by atoms with Crippen LogP contribution < -0.4 is 0 Å². The van der Waals surface area contributed by atoms with Crippen LogP contribution in [0.1, 0.15) is 36.2 Å². The van der Waals surface area contributed by atoms with Crippen LogP contribution in [-0.4, -0.2) is 40.5 Å². The van der Waals surface area contributed by atoms with E-state index in [4.69, 9.17) is 0 Å². The number of hydrogen-bond donors (Lipinski definition) is 0. The molecular formula is C18H22F2N4O2S. The Balaban J connectivity index is 1.59. The van der Waals surface area contributed by atoms with Gasteiger partial charge in [-0.2, -0.15) is 9.40 Å². The van der Waals surface area contributed by atoms with E-state index in [1.54, 1.807) is 11.7 Å². The molecule has 1 fully saturated rings. The van der Waals surface area contributed by atoms with Crippen molar-refractivity contribution in [2.24, 2.45) is 7.05 Å². The number of hydrogen-bond acceptors (Lipinski definition) is 4. The van der Waals surface area contributed by atoms with E-state index in [1.165, 1.54) is 23.6 Å². The number of halogens is 2. The fraction of sp³-hybridized carbons (Fsp3) is 0.500. The predicted molar refractivity (Wildman–Crippen MR) is 95.1 cm³/mol. The standard InChI is InChI=1S/C18H22F2N4O2S/c1-22-18-12-24(27(25,26)15-8-13(19)7-14(20)9-15)10-16(18)17(21-22)11-23-5-3-2-4-6-23/h7-9H,2-6,10-12H2,1H3. The summed E-state index contributed by atoms with van der Waals surface area (Å²) >= 11 is 0. The molecule has 0 bridgehead atoms. The lowest BCUT2D eigenvalue weighted by atomic mass is 10.1. The first kappa shape index (κ1) is 18.5. The van der Waals surface area contributed by atoms with Gasteiger partial charge >= 0.3 is 0 Å². The first-order valence-corrected chi connectivity index (χ1v) is 10.5. The molecule has 0 aliphatic carbocycles. The molecule has 2 aliphatic heterocycles. The van der Waals surface area contributed by atoms with Crippen LogP contribution in [0.5, 0.6) is 0 Å². The third-order valence-electron chi connectivity index (χ3n) is 5.31. The molecule has 0 radical (unpaired) electrons. The Morgan fingerprint density at radius 3 is 2.37 bits per heavy atom. The van der Waals surface area contributed by atoms with Crippen LogP contribution in [0.15, 0.2) is 23.1 Å². The maximum atomic E-state index is 13.5. The summed E-state index contributed by atoms with van der Waals surface area (Å²) in [6, 6.07) is 2.38. The predicted octanol–water partition coefficient (Wildman–Crippen LogP) is 2.39. The largest absolute Gasteiger partial charge is 0.297 e. The first-order valence-electron chi connectivity index (χ1n) is 9.07. The summed E-state index contributed by atoms with van der Waals surface area (Å²) in [6.45, 7) is 3.07. The van der Waals surface area contributed by atoms with Gasteiger partial charge in [0.25, 0.3) is 0 Å². The fourth-order valence-corrected chi connectivity index (χ4v) is 5.31. The summed E-state index contributed by atoms with van der Waals surface area (Å²) in [7, 11) is -2.19. The van der Waals surface area contributed by atoms with Crippen molar-refractivity contribution >= 4 is 10.0 Å². The molecule has 9 heteroatoms. The van der Waals surface area contributed by atoms with Crippen molar-refractivity contribution in [3.8, 4) is 0 Å². The van der Waals surface area contributed by atoms with Gasteiger partial charge in [0.2, 0.25) is 10.0 Å². The number of likely N-dealkylation sites (tertiary alicyclic amines) is 1. The summed E-state index contributed by atoms with van der Waals surface area (Å²) in [5, 5.41) is 4.58. The molecular weight excluding hydrogens is 374 g/mol. The second-order valence-corrected chi connectivity index (χ2v) is 9.15. The van der Waals surface area contributed by atoms with Crippen molar-refractivity contribution < 1.29 is 17.2 Å². The molecule has 0 amide bonds. The molecule has 0 atom stereocenters. The smallest absolute Gasteiger partial charge is 0.243 e. The van der Waals surface area contributed by atoms with Gasteiger partial charge in [-0.3, -0.25) is 9.58 Å². The van der Waals surface area contributed by atoms with Crippen molar-refractivity contribution in [3.05, 3.63) is 46.8 Å². The lowest BCUT2D eigenvalue weighted by molar-refractivity contribution is 0.217. The summed E-state index contributed by atoms with van der Waals surface area (Å²) in [5.74, 6) is -1.81. The second kappa shape index (κ2) is 6.96. The van der Waals surface area contributed by atoms with Gasteiger partial charge in [-0.05, 0) is 38.1 Å². The van der Waals surface area contributed by atoms with E-state index in [-0.39, 0.29) is 18.0 Å². The molecule has 146 valence electrons. The Hall–Kier alpha value is -1.84. The molecule has 1 aromatic carbocycles.